The van der Waals surface area contributed by atoms with Crippen molar-refractivity contribution in [3.8, 4) is 0 Å². The lowest BCUT2D eigenvalue weighted by Crippen LogP contribution is -2.32. The van der Waals surface area contributed by atoms with Crippen LogP contribution in [-0.4, -0.2) is 28.5 Å². The molecule has 0 spiro atoms. The van der Waals surface area contributed by atoms with Crippen molar-refractivity contribution in [3.05, 3.63) is 35.1 Å². The van der Waals surface area contributed by atoms with Gasteiger partial charge in [-0.25, -0.2) is 4.39 Å². The molecule has 110 valence electrons. The number of halogens is 1. The van der Waals surface area contributed by atoms with Gasteiger partial charge in [0, 0.05) is 18.2 Å². The van der Waals surface area contributed by atoms with Crippen molar-refractivity contribution in [2.45, 2.75) is 45.2 Å². The van der Waals surface area contributed by atoms with Gasteiger partial charge in [-0.05, 0) is 32.4 Å². The summed E-state index contributed by atoms with van der Waals surface area (Å²) in [5.74, 6) is -0.576. The van der Waals surface area contributed by atoms with E-state index in [1.807, 2.05) is 0 Å². The van der Waals surface area contributed by atoms with Gasteiger partial charge >= 0.3 is 0 Å². The first-order valence-electron chi connectivity index (χ1n) is 7.13. The van der Waals surface area contributed by atoms with Crippen molar-refractivity contribution in [1.82, 2.24) is 4.90 Å². The van der Waals surface area contributed by atoms with Crippen molar-refractivity contribution in [3.63, 3.8) is 0 Å². The zero-order valence-corrected chi connectivity index (χ0v) is 11.8. The fourth-order valence-electron chi connectivity index (χ4n) is 2.74. The first kappa shape index (κ1) is 14.8. The van der Waals surface area contributed by atoms with E-state index in [2.05, 4.69) is 17.0 Å². The second kappa shape index (κ2) is 6.70. The standard InChI is InChI=1S/C15H22FN3O/c1-11-6-3-2-4-9-19(11)10-12-7-5-8-13(14(12)16)15(17)18-20/h5,7-8,11,20H,2-4,6,9-10H2,1H3,(H2,17,18). The topological polar surface area (TPSA) is 61.8 Å². The monoisotopic (exact) mass is 279 g/mol. The Hall–Kier alpha value is -1.62. The number of oxime groups is 1. The van der Waals surface area contributed by atoms with Crippen LogP contribution in [0.25, 0.3) is 0 Å². The summed E-state index contributed by atoms with van der Waals surface area (Å²) in [6.07, 6.45) is 4.80. The van der Waals surface area contributed by atoms with Crippen LogP contribution in [0.5, 0.6) is 0 Å². The van der Waals surface area contributed by atoms with Gasteiger partial charge in [-0.2, -0.15) is 0 Å². The molecule has 0 saturated carbocycles. The van der Waals surface area contributed by atoms with Gasteiger partial charge < -0.3 is 10.9 Å². The lowest BCUT2D eigenvalue weighted by molar-refractivity contribution is 0.202. The van der Waals surface area contributed by atoms with E-state index in [0.29, 0.717) is 18.2 Å². The predicted octanol–water partition coefficient (Wildman–Crippen LogP) is 2.68. The Morgan fingerprint density at radius 2 is 2.25 bits per heavy atom. The average molecular weight is 279 g/mol. The molecule has 0 aromatic heterocycles. The molecule has 4 nitrogen and oxygen atoms in total. The summed E-state index contributed by atoms with van der Waals surface area (Å²) in [6, 6.07) is 5.50. The first-order valence-corrected chi connectivity index (χ1v) is 7.13. The van der Waals surface area contributed by atoms with E-state index in [1.54, 1.807) is 12.1 Å². The van der Waals surface area contributed by atoms with Crippen LogP contribution in [0, 0.1) is 5.82 Å². The molecule has 1 aromatic rings. The molecule has 0 bridgehead atoms. The fourth-order valence-corrected chi connectivity index (χ4v) is 2.74. The quantitative estimate of drug-likeness (QED) is 0.387. The number of benzene rings is 1. The minimum absolute atomic E-state index is 0.160. The molecule has 0 aliphatic carbocycles. The largest absolute Gasteiger partial charge is 0.409 e. The van der Waals surface area contributed by atoms with Gasteiger partial charge in [0.05, 0.1) is 5.56 Å². The van der Waals surface area contributed by atoms with Crippen molar-refractivity contribution in [1.29, 1.82) is 0 Å². The van der Waals surface area contributed by atoms with E-state index < -0.39 is 0 Å². The van der Waals surface area contributed by atoms with Gasteiger partial charge in [0.2, 0.25) is 0 Å². The lowest BCUT2D eigenvalue weighted by Gasteiger charge is -2.27. The molecule has 1 saturated heterocycles. The molecule has 1 aliphatic heterocycles. The molecule has 1 heterocycles. The highest BCUT2D eigenvalue weighted by Gasteiger charge is 2.19. The maximum atomic E-state index is 14.4. The molecule has 20 heavy (non-hydrogen) atoms. The Balaban J connectivity index is 2.20. The van der Waals surface area contributed by atoms with E-state index in [0.717, 1.165) is 19.4 Å². The SMILES string of the molecule is CC1CCCCCN1Cc1cccc(/C(N)=N/O)c1F. The molecule has 3 N–H and O–H groups in total. The average Bonchev–Trinajstić information content (AvgIpc) is 2.65. The number of nitrogens with two attached hydrogens (primary N) is 1. The van der Waals surface area contributed by atoms with E-state index in [1.165, 1.54) is 18.9 Å². The van der Waals surface area contributed by atoms with Gasteiger partial charge in [-0.1, -0.05) is 30.1 Å². The van der Waals surface area contributed by atoms with Crippen LogP contribution in [0.1, 0.15) is 43.7 Å². The molecule has 5 heteroatoms. The summed E-state index contributed by atoms with van der Waals surface area (Å²) in [6.45, 7) is 3.75. The summed E-state index contributed by atoms with van der Waals surface area (Å²) in [7, 11) is 0. The zero-order chi connectivity index (χ0) is 14.5. The zero-order valence-electron chi connectivity index (χ0n) is 11.8. The number of nitrogens with zero attached hydrogens (tertiary/aromatic N) is 2. The van der Waals surface area contributed by atoms with Crippen LogP contribution in [0.4, 0.5) is 4.39 Å². The number of amidine groups is 1. The van der Waals surface area contributed by atoms with Gasteiger partial charge in [0.15, 0.2) is 5.84 Å². The predicted molar refractivity (Wildman–Crippen MR) is 77.3 cm³/mol. The Morgan fingerprint density at radius 3 is 3.00 bits per heavy atom. The highest BCUT2D eigenvalue weighted by Crippen LogP contribution is 2.21. The normalized spacial score (nSPS) is 21.7. The number of likely N-dealkylation sites (tertiary alicyclic amines) is 1. The van der Waals surface area contributed by atoms with Crippen LogP contribution in [0.15, 0.2) is 23.4 Å². The summed E-state index contributed by atoms with van der Waals surface area (Å²) in [5.41, 5.74) is 6.26. The molecular formula is C15H22FN3O. The second-order valence-electron chi connectivity index (χ2n) is 5.43. The third-order valence-electron chi connectivity index (χ3n) is 4.03. The highest BCUT2D eigenvalue weighted by molar-refractivity contribution is 5.97. The maximum Gasteiger partial charge on any atom is 0.173 e. The van der Waals surface area contributed by atoms with Crippen molar-refractivity contribution >= 4 is 5.84 Å². The van der Waals surface area contributed by atoms with Crippen LogP contribution >= 0.6 is 0 Å². The van der Waals surface area contributed by atoms with Crippen LogP contribution in [-0.2, 0) is 6.54 Å². The number of rotatable bonds is 3. The van der Waals surface area contributed by atoms with Crippen LogP contribution in [0.2, 0.25) is 0 Å². The molecular weight excluding hydrogens is 257 g/mol. The van der Waals surface area contributed by atoms with Crippen LogP contribution < -0.4 is 5.73 Å². The molecule has 1 aromatic carbocycles. The molecule has 1 fully saturated rings. The van der Waals surface area contributed by atoms with Gasteiger partial charge in [-0.3, -0.25) is 4.90 Å². The Labute approximate surface area is 119 Å². The van der Waals surface area contributed by atoms with Crippen molar-refractivity contribution in [2.75, 3.05) is 6.54 Å². The number of hydrogen-bond donors (Lipinski definition) is 2. The Morgan fingerprint density at radius 1 is 1.45 bits per heavy atom. The van der Waals surface area contributed by atoms with Gasteiger partial charge in [-0.15, -0.1) is 0 Å². The summed E-state index contributed by atoms with van der Waals surface area (Å²) in [5, 5.41) is 11.6. The molecule has 1 aliphatic rings. The third-order valence-corrected chi connectivity index (χ3v) is 4.03. The summed E-state index contributed by atoms with van der Waals surface area (Å²) >= 11 is 0. The Kier molecular flexibility index (Phi) is 4.95. The molecule has 1 atom stereocenters. The summed E-state index contributed by atoms with van der Waals surface area (Å²) < 4.78 is 14.4. The second-order valence-corrected chi connectivity index (χ2v) is 5.43. The van der Waals surface area contributed by atoms with Crippen molar-refractivity contribution < 1.29 is 9.60 Å². The van der Waals surface area contributed by atoms with Gasteiger partial charge in [0.1, 0.15) is 5.82 Å². The van der Waals surface area contributed by atoms with E-state index >= 15 is 0 Å². The maximum absolute atomic E-state index is 14.4. The van der Waals surface area contributed by atoms with E-state index in [-0.39, 0.29) is 17.2 Å². The molecule has 1 unspecified atom stereocenters. The highest BCUT2D eigenvalue weighted by atomic mass is 19.1. The van der Waals surface area contributed by atoms with E-state index in [9.17, 15) is 4.39 Å². The molecule has 2 rings (SSSR count). The van der Waals surface area contributed by atoms with Crippen LogP contribution in [0.3, 0.4) is 0 Å². The smallest absolute Gasteiger partial charge is 0.173 e. The number of hydrogen-bond acceptors (Lipinski definition) is 3. The minimum atomic E-state index is -0.390. The molecule has 0 radical (unpaired) electrons. The fraction of sp³-hybridized carbons (Fsp3) is 0.533. The first-order chi connectivity index (χ1) is 9.63. The lowest BCUT2D eigenvalue weighted by atomic mass is 10.1. The third kappa shape index (κ3) is 3.28. The summed E-state index contributed by atoms with van der Waals surface area (Å²) in [4.78, 5) is 2.31. The van der Waals surface area contributed by atoms with Gasteiger partial charge in [0.25, 0.3) is 0 Å². The Bertz CT molecular complexity index is 490. The van der Waals surface area contributed by atoms with Crippen molar-refractivity contribution in [2.24, 2.45) is 10.9 Å². The minimum Gasteiger partial charge on any atom is -0.409 e. The van der Waals surface area contributed by atoms with E-state index in [4.69, 9.17) is 10.9 Å². The molecule has 0 amide bonds.